The topological polar surface area (TPSA) is 59.6 Å². The zero-order chi connectivity index (χ0) is 20.6. The monoisotopic (exact) mass is 410 g/mol. The Kier molecular flexibility index (Phi) is 6.98. The summed E-state index contributed by atoms with van der Waals surface area (Å²) < 4.78 is 10.8. The molecule has 0 aliphatic rings. The van der Waals surface area contributed by atoms with Crippen molar-refractivity contribution in [2.75, 3.05) is 24.4 Å². The van der Waals surface area contributed by atoms with Gasteiger partial charge in [-0.3, -0.25) is 4.79 Å². The van der Waals surface area contributed by atoms with Gasteiger partial charge >= 0.3 is 0 Å². The number of anilines is 2. The van der Waals surface area contributed by atoms with E-state index in [1.165, 1.54) is 0 Å². The summed E-state index contributed by atoms with van der Waals surface area (Å²) in [4.78, 5) is 13.2. The summed E-state index contributed by atoms with van der Waals surface area (Å²) in [7, 11) is 1.56. The third-order valence-corrected chi connectivity index (χ3v) is 4.60. The van der Waals surface area contributed by atoms with Gasteiger partial charge in [-0.05, 0) is 42.8 Å². The first-order valence-corrected chi connectivity index (χ1v) is 9.68. The summed E-state index contributed by atoms with van der Waals surface area (Å²) in [5.41, 5.74) is 2.15. The Morgan fingerprint density at radius 3 is 2.41 bits per heavy atom. The molecule has 0 radical (unpaired) electrons. The number of para-hydroxylation sites is 2. The fourth-order valence-electron chi connectivity index (χ4n) is 2.92. The molecule has 0 heterocycles. The van der Waals surface area contributed by atoms with E-state index in [9.17, 15) is 4.79 Å². The van der Waals surface area contributed by atoms with Gasteiger partial charge in [-0.2, -0.15) is 0 Å². The van der Waals surface area contributed by atoms with Crippen molar-refractivity contribution in [2.45, 2.75) is 13.0 Å². The zero-order valence-corrected chi connectivity index (χ0v) is 17.1. The van der Waals surface area contributed by atoms with Gasteiger partial charge in [0, 0.05) is 5.69 Å². The Balaban J connectivity index is 1.88. The van der Waals surface area contributed by atoms with Gasteiger partial charge in [0.05, 0.1) is 24.4 Å². The fourth-order valence-corrected chi connectivity index (χ4v) is 3.18. The molecule has 0 spiro atoms. The number of methoxy groups -OCH3 is 1. The molecule has 0 fully saturated rings. The van der Waals surface area contributed by atoms with E-state index < -0.39 is 6.04 Å². The number of hydrogen-bond acceptors (Lipinski definition) is 4. The van der Waals surface area contributed by atoms with Crippen molar-refractivity contribution in [3.63, 3.8) is 0 Å². The highest BCUT2D eigenvalue weighted by atomic mass is 35.5. The zero-order valence-electron chi connectivity index (χ0n) is 16.3. The molecule has 0 aliphatic carbocycles. The summed E-state index contributed by atoms with van der Waals surface area (Å²) in [6.07, 6.45) is 0. The molecule has 150 valence electrons. The summed E-state index contributed by atoms with van der Waals surface area (Å²) in [5.74, 6) is 0.988. The fraction of sp³-hybridized carbons (Fsp3) is 0.174. The maximum atomic E-state index is 13.2. The second-order valence-corrected chi connectivity index (χ2v) is 6.66. The van der Waals surface area contributed by atoms with Gasteiger partial charge in [0.1, 0.15) is 17.5 Å². The number of halogens is 1. The van der Waals surface area contributed by atoms with E-state index in [1.54, 1.807) is 19.2 Å². The highest BCUT2D eigenvalue weighted by Crippen LogP contribution is 2.30. The maximum Gasteiger partial charge on any atom is 0.251 e. The van der Waals surface area contributed by atoms with Crippen LogP contribution in [-0.2, 0) is 4.79 Å². The molecule has 1 atom stereocenters. The first kappa shape index (κ1) is 20.6. The van der Waals surface area contributed by atoms with Gasteiger partial charge in [0.2, 0.25) is 0 Å². The van der Waals surface area contributed by atoms with Crippen molar-refractivity contribution < 1.29 is 14.3 Å². The van der Waals surface area contributed by atoms with Crippen molar-refractivity contribution in [3.8, 4) is 11.5 Å². The van der Waals surface area contributed by atoms with Crippen molar-refractivity contribution in [1.82, 2.24) is 0 Å². The molecule has 0 saturated carbocycles. The normalized spacial score (nSPS) is 11.4. The van der Waals surface area contributed by atoms with Crippen LogP contribution in [0.25, 0.3) is 0 Å². The van der Waals surface area contributed by atoms with Gasteiger partial charge in [-0.15, -0.1) is 0 Å². The Bertz CT molecular complexity index is 963. The Hall–Kier alpha value is -3.18. The van der Waals surface area contributed by atoms with Gasteiger partial charge in [-0.25, -0.2) is 0 Å². The molecule has 1 amide bonds. The lowest BCUT2D eigenvalue weighted by atomic mass is 10.1. The molecule has 0 bridgehead atoms. The van der Waals surface area contributed by atoms with E-state index in [4.69, 9.17) is 21.1 Å². The molecular weight excluding hydrogens is 388 g/mol. The van der Waals surface area contributed by atoms with Crippen molar-refractivity contribution in [3.05, 3.63) is 83.4 Å². The van der Waals surface area contributed by atoms with Crippen LogP contribution < -0.4 is 20.1 Å². The molecule has 6 heteroatoms. The summed E-state index contributed by atoms with van der Waals surface area (Å²) in [5, 5.41) is 6.70. The second kappa shape index (κ2) is 9.85. The van der Waals surface area contributed by atoms with Gasteiger partial charge in [0.15, 0.2) is 0 Å². The number of benzene rings is 3. The van der Waals surface area contributed by atoms with Crippen LogP contribution in [0.3, 0.4) is 0 Å². The number of carbonyl (C=O) groups is 1. The lowest BCUT2D eigenvalue weighted by Gasteiger charge is -2.21. The predicted octanol–water partition coefficient (Wildman–Crippen LogP) is 5.54. The largest absolute Gasteiger partial charge is 0.495 e. The van der Waals surface area contributed by atoms with Crippen LogP contribution in [0.5, 0.6) is 11.5 Å². The number of hydrogen-bond donors (Lipinski definition) is 2. The third-order valence-electron chi connectivity index (χ3n) is 4.30. The molecule has 29 heavy (non-hydrogen) atoms. The highest BCUT2D eigenvalue weighted by molar-refractivity contribution is 6.32. The first-order chi connectivity index (χ1) is 14.1. The molecular formula is C23H23ClN2O3. The average molecular weight is 411 g/mol. The van der Waals surface area contributed by atoms with Crippen LogP contribution in [0.15, 0.2) is 72.8 Å². The lowest BCUT2D eigenvalue weighted by molar-refractivity contribution is -0.117. The van der Waals surface area contributed by atoms with E-state index in [1.807, 2.05) is 67.6 Å². The molecule has 0 unspecified atom stereocenters. The Morgan fingerprint density at radius 2 is 1.72 bits per heavy atom. The van der Waals surface area contributed by atoms with E-state index in [2.05, 4.69) is 10.6 Å². The smallest absolute Gasteiger partial charge is 0.251 e. The number of nitrogens with one attached hydrogen (secondary N) is 2. The quantitative estimate of drug-likeness (QED) is 0.512. The van der Waals surface area contributed by atoms with Crippen LogP contribution in [0.2, 0.25) is 5.02 Å². The molecule has 0 aliphatic heterocycles. The van der Waals surface area contributed by atoms with Crippen LogP contribution in [-0.4, -0.2) is 19.6 Å². The highest BCUT2D eigenvalue weighted by Gasteiger charge is 2.22. The van der Waals surface area contributed by atoms with Gasteiger partial charge < -0.3 is 20.1 Å². The molecule has 0 saturated heterocycles. The van der Waals surface area contributed by atoms with Crippen LogP contribution >= 0.6 is 11.6 Å². The SMILES string of the molecule is CCOc1ccccc1NC(=O)[C@@H](Nc1ccc(OC)c(Cl)c1)c1ccccc1. The third kappa shape index (κ3) is 5.21. The summed E-state index contributed by atoms with van der Waals surface area (Å²) in [6.45, 7) is 2.41. The van der Waals surface area contributed by atoms with Gasteiger partial charge in [-0.1, -0.05) is 54.1 Å². The minimum absolute atomic E-state index is 0.213. The Morgan fingerprint density at radius 1 is 1.00 bits per heavy atom. The minimum Gasteiger partial charge on any atom is -0.495 e. The number of ether oxygens (including phenoxy) is 2. The number of carbonyl (C=O) groups excluding carboxylic acids is 1. The van der Waals surface area contributed by atoms with E-state index in [0.717, 1.165) is 5.56 Å². The average Bonchev–Trinajstić information content (AvgIpc) is 2.74. The van der Waals surface area contributed by atoms with E-state index in [0.29, 0.717) is 34.5 Å². The molecule has 3 aromatic carbocycles. The van der Waals surface area contributed by atoms with E-state index in [-0.39, 0.29) is 5.91 Å². The first-order valence-electron chi connectivity index (χ1n) is 9.30. The molecule has 2 N–H and O–H groups in total. The van der Waals surface area contributed by atoms with Crippen LogP contribution in [0, 0.1) is 0 Å². The van der Waals surface area contributed by atoms with Crippen molar-refractivity contribution >= 4 is 28.9 Å². The molecule has 3 aromatic rings. The standard InChI is InChI=1S/C23H23ClN2O3/c1-3-29-21-12-8-7-11-19(21)26-23(27)22(16-9-5-4-6-10-16)25-17-13-14-20(28-2)18(24)15-17/h4-15,22,25H,3H2,1-2H3,(H,26,27)/t22-/m0/s1. The number of amides is 1. The minimum atomic E-state index is -0.629. The van der Waals surface area contributed by atoms with Gasteiger partial charge in [0.25, 0.3) is 5.91 Å². The molecule has 0 aromatic heterocycles. The molecule has 3 rings (SSSR count). The summed E-state index contributed by atoms with van der Waals surface area (Å²) in [6, 6.07) is 21.5. The molecule has 5 nitrogen and oxygen atoms in total. The van der Waals surface area contributed by atoms with E-state index >= 15 is 0 Å². The Labute approximate surface area is 175 Å². The number of rotatable bonds is 8. The maximum absolute atomic E-state index is 13.2. The van der Waals surface area contributed by atoms with Crippen molar-refractivity contribution in [2.24, 2.45) is 0 Å². The second-order valence-electron chi connectivity index (χ2n) is 6.26. The summed E-state index contributed by atoms with van der Waals surface area (Å²) >= 11 is 6.24. The van der Waals surface area contributed by atoms with Crippen molar-refractivity contribution in [1.29, 1.82) is 0 Å². The lowest BCUT2D eigenvalue weighted by Crippen LogP contribution is -2.27. The predicted molar refractivity (Wildman–Crippen MR) is 117 cm³/mol. The van der Waals surface area contributed by atoms with Crippen LogP contribution in [0.1, 0.15) is 18.5 Å². The van der Waals surface area contributed by atoms with Crippen LogP contribution in [0.4, 0.5) is 11.4 Å².